The average Bonchev–Trinajstić information content (AvgIpc) is 3.48. The van der Waals surface area contributed by atoms with E-state index in [-0.39, 0.29) is 17.6 Å². The highest BCUT2D eigenvalue weighted by Gasteiger charge is 2.30. The Labute approximate surface area is 191 Å². The second-order valence-corrected chi connectivity index (χ2v) is 10.1. The number of fused-ring (bicyclic) bond motifs is 1. The van der Waals surface area contributed by atoms with Crippen LogP contribution in [0.1, 0.15) is 84.9 Å². The third-order valence-electron chi connectivity index (χ3n) is 5.62. The molecule has 0 atom stereocenters. The summed E-state index contributed by atoms with van der Waals surface area (Å²) in [5.74, 6) is 1.34. The molecule has 2 heterocycles. The number of nitrogens with zero attached hydrogens (tertiary/aromatic N) is 3. The number of thioether (sulfide) groups is 1. The second-order valence-electron chi connectivity index (χ2n) is 8.09. The molecule has 1 amide bonds. The Balaban J connectivity index is 1.47. The molecule has 1 fully saturated rings. The van der Waals surface area contributed by atoms with Crippen molar-refractivity contribution < 1.29 is 14.3 Å². The van der Waals surface area contributed by atoms with Crippen LogP contribution in [0.15, 0.2) is 5.16 Å². The number of anilines is 1. The molecule has 4 rings (SSSR count). The van der Waals surface area contributed by atoms with E-state index < -0.39 is 0 Å². The number of ether oxygens (including phenoxy) is 1. The molecule has 0 bridgehead atoms. The monoisotopic (exact) mass is 462 g/mol. The van der Waals surface area contributed by atoms with Gasteiger partial charge in [0, 0.05) is 17.3 Å². The number of aryl methyl sites for hydroxylation is 1. The van der Waals surface area contributed by atoms with Crippen molar-refractivity contribution in [1.82, 2.24) is 14.8 Å². The van der Waals surface area contributed by atoms with Crippen LogP contribution in [0, 0.1) is 0 Å². The lowest BCUT2D eigenvalue weighted by Crippen LogP contribution is -2.17. The van der Waals surface area contributed by atoms with Crippen molar-refractivity contribution in [2.45, 2.75) is 82.8 Å². The third-order valence-corrected chi connectivity index (χ3v) is 7.80. The topological polar surface area (TPSA) is 86.1 Å². The van der Waals surface area contributed by atoms with Crippen LogP contribution in [0.5, 0.6) is 0 Å². The number of hydrogen-bond acceptors (Lipinski definition) is 7. The molecule has 0 radical (unpaired) electrons. The van der Waals surface area contributed by atoms with Crippen molar-refractivity contribution in [3.05, 3.63) is 21.8 Å². The Morgan fingerprint density at radius 3 is 2.74 bits per heavy atom. The molecular weight excluding hydrogens is 432 g/mol. The van der Waals surface area contributed by atoms with Crippen LogP contribution in [-0.2, 0) is 28.9 Å². The summed E-state index contributed by atoms with van der Waals surface area (Å²) >= 11 is 2.94. The maximum absolute atomic E-state index is 12.8. The Bertz CT molecular complexity index is 949. The summed E-state index contributed by atoms with van der Waals surface area (Å²) in [6.45, 7) is 5.13. The molecule has 9 heteroatoms. The molecule has 7 nitrogen and oxygen atoms in total. The lowest BCUT2D eigenvalue weighted by atomic mass is 10.1. The highest BCUT2D eigenvalue weighted by Crippen LogP contribution is 2.40. The summed E-state index contributed by atoms with van der Waals surface area (Å²) in [6.07, 6.45) is 8.53. The molecule has 1 N–H and O–H groups in total. The first-order valence-corrected chi connectivity index (χ1v) is 13.1. The lowest BCUT2D eigenvalue weighted by Gasteiger charge is -2.09. The smallest absolute Gasteiger partial charge is 0.341 e. The van der Waals surface area contributed by atoms with Crippen LogP contribution in [-0.4, -0.2) is 39.0 Å². The van der Waals surface area contributed by atoms with E-state index in [1.54, 1.807) is 6.92 Å². The standard InChI is InChI=1S/C22H30N4O3S2/c1-3-12-26-19(14-10-11-14)24-25-22(26)30-13-17(27)23-20-18(21(28)29-4-2)15-8-6-5-7-9-16(15)31-20/h14H,3-13H2,1-2H3,(H,23,27). The minimum Gasteiger partial charge on any atom is -0.462 e. The van der Waals surface area contributed by atoms with E-state index in [0.29, 0.717) is 23.1 Å². The molecule has 0 saturated heterocycles. The zero-order chi connectivity index (χ0) is 21.8. The molecule has 2 aliphatic carbocycles. The summed E-state index contributed by atoms with van der Waals surface area (Å²) in [4.78, 5) is 26.7. The van der Waals surface area contributed by atoms with Crippen molar-refractivity contribution >= 4 is 40.0 Å². The fourth-order valence-corrected chi connectivity index (χ4v) is 6.09. The number of carbonyl (C=O) groups excluding carboxylic acids is 2. The van der Waals surface area contributed by atoms with Gasteiger partial charge >= 0.3 is 5.97 Å². The summed E-state index contributed by atoms with van der Waals surface area (Å²) in [5.41, 5.74) is 1.63. The number of rotatable bonds is 9. The average molecular weight is 463 g/mol. The largest absolute Gasteiger partial charge is 0.462 e. The predicted octanol–water partition coefficient (Wildman–Crippen LogP) is 4.80. The number of esters is 1. The van der Waals surface area contributed by atoms with Gasteiger partial charge in [-0.2, -0.15) is 0 Å². The van der Waals surface area contributed by atoms with E-state index in [1.807, 2.05) is 0 Å². The van der Waals surface area contributed by atoms with Crippen molar-refractivity contribution in [3.63, 3.8) is 0 Å². The number of aromatic nitrogens is 3. The number of thiophene rings is 1. The van der Waals surface area contributed by atoms with Gasteiger partial charge in [-0.15, -0.1) is 21.5 Å². The van der Waals surface area contributed by atoms with Gasteiger partial charge in [-0.25, -0.2) is 4.79 Å². The van der Waals surface area contributed by atoms with Crippen molar-refractivity contribution in [2.75, 3.05) is 17.7 Å². The SMILES string of the molecule is CCCn1c(SCC(=O)Nc2sc3c(c2C(=O)OCC)CCCCC3)nnc1C1CC1. The Hall–Kier alpha value is -1.87. The maximum atomic E-state index is 12.8. The molecule has 0 aromatic carbocycles. The first-order valence-electron chi connectivity index (χ1n) is 11.3. The molecule has 2 aliphatic rings. The van der Waals surface area contributed by atoms with Gasteiger partial charge in [-0.05, 0) is 57.4 Å². The molecule has 2 aromatic heterocycles. The minimum atomic E-state index is -0.332. The molecule has 168 valence electrons. The second kappa shape index (κ2) is 10.2. The normalized spacial score (nSPS) is 15.9. The number of amides is 1. The zero-order valence-electron chi connectivity index (χ0n) is 18.2. The number of carbonyl (C=O) groups is 2. The minimum absolute atomic E-state index is 0.133. The first kappa shape index (κ1) is 22.3. The molecule has 0 aliphatic heterocycles. The van der Waals surface area contributed by atoms with E-state index in [0.717, 1.165) is 55.2 Å². The van der Waals surface area contributed by atoms with E-state index in [2.05, 4.69) is 27.0 Å². The van der Waals surface area contributed by atoms with Gasteiger partial charge in [0.2, 0.25) is 5.91 Å². The number of hydrogen-bond donors (Lipinski definition) is 1. The van der Waals surface area contributed by atoms with E-state index in [1.165, 1.54) is 47.2 Å². The summed E-state index contributed by atoms with van der Waals surface area (Å²) in [6, 6.07) is 0. The van der Waals surface area contributed by atoms with Gasteiger partial charge in [0.15, 0.2) is 5.16 Å². The first-order chi connectivity index (χ1) is 15.1. The van der Waals surface area contributed by atoms with Gasteiger partial charge in [-0.3, -0.25) is 4.79 Å². The van der Waals surface area contributed by atoms with Crippen molar-refractivity contribution in [2.24, 2.45) is 0 Å². The van der Waals surface area contributed by atoms with Gasteiger partial charge in [-0.1, -0.05) is 25.1 Å². The summed E-state index contributed by atoms with van der Waals surface area (Å²) in [7, 11) is 0. The van der Waals surface area contributed by atoms with E-state index in [4.69, 9.17) is 4.74 Å². The van der Waals surface area contributed by atoms with Crippen LogP contribution in [0.3, 0.4) is 0 Å². The van der Waals surface area contributed by atoms with Crippen LogP contribution in [0.2, 0.25) is 0 Å². The summed E-state index contributed by atoms with van der Waals surface area (Å²) < 4.78 is 7.47. The Morgan fingerprint density at radius 1 is 1.19 bits per heavy atom. The quantitative estimate of drug-likeness (QED) is 0.327. The molecule has 2 aromatic rings. The summed E-state index contributed by atoms with van der Waals surface area (Å²) in [5, 5.41) is 13.1. The van der Waals surface area contributed by atoms with Crippen molar-refractivity contribution in [3.8, 4) is 0 Å². The molecule has 31 heavy (non-hydrogen) atoms. The number of nitrogens with one attached hydrogen (secondary N) is 1. The highest BCUT2D eigenvalue weighted by molar-refractivity contribution is 7.99. The van der Waals surface area contributed by atoms with Gasteiger partial charge in [0.05, 0.1) is 17.9 Å². The zero-order valence-corrected chi connectivity index (χ0v) is 19.9. The van der Waals surface area contributed by atoms with E-state index >= 15 is 0 Å². The highest BCUT2D eigenvalue weighted by atomic mass is 32.2. The molecule has 0 unspecified atom stereocenters. The fraction of sp³-hybridized carbons (Fsp3) is 0.636. The van der Waals surface area contributed by atoms with Gasteiger partial charge < -0.3 is 14.6 Å². The predicted molar refractivity (Wildman–Crippen MR) is 123 cm³/mol. The Kier molecular flexibility index (Phi) is 7.32. The maximum Gasteiger partial charge on any atom is 0.341 e. The van der Waals surface area contributed by atoms with Crippen LogP contribution < -0.4 is 5.32 Å². The van der Waals surface area contributed by atoms with Crippen molar-refractivity contribution in [1.29, 1.82) is 0 Å². The molecule has 1 saturated carbocycles. The van der Waals surface area contributed by atoms with Crippen LogP contribution >= 0.6 is 23.1 Å². The molecule has 0 spiro atoms. The molecular formula is C22H30N4O3S2. The van der Waals surface area contributed by atoms with Crippen LogP contribution in [0.4, 0.5) is 5.00 Å². The van der Waals surface area contributed by atoms with Gasteiger partial charge in [0.25, 0.3) is 0 Å². The van der Waals surface area contributed by atoms with Crippen LogP contribution in [0.25, 0.3) is 0 Å². The van der Waals surface area contributed by atoms with E-state index in [9.17, 15) is 9.59 Å². The fourth-order valence-electron chi connectivity index (χ4n) is 4.03. The Morgan fingerprint density at radius 2 is 2.00 bits per heavy atom. The lowest BCUT2D eigenvalue weighted by molar-refractivity contribution is -0.113. The third kappa shape index (κ3) is 5.14. The van der Waals surface area contributed by atoms with Gasteiger partial charge in [0.1, 0.15) is 10.8 Å².